The summed E-state index contributed by atoms with van der Waals surface area (Å²) in [6.45, 7) is 3.93. The lowest BCUT2D eigenvalue weighted by Gasteiger charge is -2.13. The minimum atomic E-state index is -0.237. The SMILES string of the molecule is CCCNC(=O)c1ccc(NC(=O)c2ccc(OCC3CCCO3)c(Br)c2)cc1. The Hall–Kier alpha value is -2.38. The summed E-state index contributed by atoms with van der Waals surface area (Å²) < 4.78 is 12.1. The van der Waals surface area contributed by atoms with Crippen LogP contribution in [-0.2, 0) is 4.74 Å². The molecule has 0 spiro atoms. The summed E-state index contributed by atoms with van der Waals surface area (Å²) >= 11 is 3.47. The second-order valence-electron chi connectivity index (χ2n) is 6.88. The van der Waals surface area contributed by atoms with E-state index in [0.29, 0.717) is 40.2 Å². The monoisotopic (exact) mass is 460 g/mol. The molecule has 0 aromatic heterocycles. The Kier molecular flexibility index (Phi) is 7.66. The van der Waals surface area contributed by atoms with Crippen LogP contribution in [0.5, 0.6) is 5.75 Å². The molecule has 3 rings (SSSR count). The van der Waals surface area contributed by atoms with Crippen molar-refractivity contribution in [2.24, 2.45) is 0 Å². The van der Waals surface area contributed by atoms with Crippen molar-refractivity contribution in [1.29, 1.82) is 0 Å². The average molecular weight is 461 g/mol. The number of nitrogens with one attached hydrogen (secondary N) is 2. The number of hydrogen-bond acceptors (Lipinski definition) is 4. The van der Waals surface area contributed by atoms with Crippen molar-refractivity contribution in [1.82, 2.24) is 5.32 Å². The Bertz CT molecular complexity index is 848. The Morgan fingerprint density at radius 3 is 2.55 bits per heavy atom. The largest absolute Gasteiger partial charge is 0.490 e. The van der Waals surface area contributed by atoms with Gasteiger partial charge in [-0.15, -0.1) is 0 Å². The summed E-state index contributed by atoms with van der Waals surface area (Å²) in [7, 11) is 0. The summed E-state index contributed by atoms with van der Waals surface area (Å²) in [6.07, 6.45) is 3.10. The zero-order chi connectivity index (χ0) is 20.6. The maximum atomic E-state index is 12.5. The molecule has 1 heterocycles. The molecule has 7 heteroatoms. The van der Waals surface area contributed by atoms with Crippen LogP contribution in [0.4, 0.5) is 5.69 Å². The lowest BCUT2D eigenvalue weighted by atomic mass is 10.1. The van der Waals surface area contributed by atoms with Gasteiger partial charge in [-0.3, -0.25) is 9.59 Å². The Morgan fingerprint density at radius 2 is 1.90 bits per heavy atom. The molecule has 0 saturated carbocycles. The summed E-state index contributed by atoms with van der Waals surface area (Å²) in [4.78, 5) is 24.5. The van der Waals surface area contributed by atoms with Crippen LogP contribution < -0.4 is 15.4 Å². The predicted molar refractivity (Wildman–Crippen MR) is 116 cm³/mol. The number of hydrogen-bond donors (Lipinski definition) is 2. The van der Waals surface area contributed by atoms with Gasteiger partial charge < -0.3 is 20.1 Å². The van der Waals surface area contributed by atoms with E-state index in [1.54, 1.807) is 42.5 Å². The standard InChI is InChI=1S/C22H25BrN2O4/c1-2-11-24-21(26)15-5-8-17(9-6-15)25-22(27)16-7-10-20(19(23)13-16)29-14-18-4-3-12-28-18/h5-10,13,18H,2-4,11-12,14H2,1H3,(H,24,26)(H,25,27). The van der Waals surface area contributed by atoms with Gasteiger partial charge in [-0.1, -0.05) is 6.92 Å². The minimum Gasteiger partial charge on any atom is -0.490 e. The van der Waals surface area contributed by atoms with Gasteiger partial charge in [0, 0.05) is 30.0 Å². The molecule has 1 fully saturated rings. The third kappa shape index (κ3) is 6.05. The maximum Gasteiger partial charge on any atom is 0.255 e. The van der Waals surface area contributed by atoms with Gasteiger partial charge in [-0.2, -0.15) is 0 Å². The first-order valence-corrected chi connectivity index (χ1v) is 10.6. The van der Waals surface area contributed by atoms with Crippen LogP contribution in [0.3, 0.4) is 0 Å². The van der Waals surface area contributed by atoms with E-state index in [1.807, 2.05) is 6.92 Å². The van der Waals surface area contributed by atoms with Gasteiger partial charge in [-0.05, 0) is 77.7 Å². The van der Waals surface area contributed by atoms with Crippen LogP contribution in [0, 0.1) is 0 Å². The molecule has 29 heavy (non-hydrogen) atoms. The lowest BCUT2D eigenvalue weighted by Crippen LogP contribution is -2.23. The van der Waals surface area contributed by atoms with E-state index in [2.05, 4.69) is 26.6 Å². The highest BCUT2D eigenvalue weighted by Crippen LogP contribution is 2.27. The van der Waals surface area contributed by atoms with E-state index in [1.165, 1.54) is 0 Å². The molecule has 1 aliphatic rings. The molecule has 1 saturated heterocycles. The van der Waals surface area contributed by atoms with Crippen molar-refractivity contribution >= 4 is 33.4 Å². The smallest absolute Gasteiger partial charge is 0.255 e. The number of anilines is 1. The van der Waals surface area contributed by atoms with Crippen molar-refractivity contribution in [3.05, 3.63) is 58.1 Å². The van der Waals surface area contributed by atoms with Crippen LogP contribution >= 0.6 is 15.9 Å². The number of carbonyl (C=O) groups is 2. The first kappa shape index (κ1) is 21.3. The number of halogens is 1. The van der Waals surface area contributed by atoms with Crippen molar-refractivity contribution in [2.45, 2.75) is 32.3 Å². The topological polar surface area (TPSA) is 76.7 Å². The Labute approximate surface area is 179 Å². The molecule has 1 aliphatic heterocycles. The van der Waals surface area contributed by atoms with E-state index in [-0.39, 0.29) is 17.9 Å². The van der Waals surface area contributed by atoms with Gasteiger partial charge >= 0.3 is 0 Å². The summed E-state index contributed by atoms with van der Waals surface area (Å²) in [5.74, 6) is 0.325. The van der Waals surface area contributed by atoms with Gasteiger partial charge in [0.2, 0.25) is 0 Å². The van der Waals surface area contributed by atoms with Gasteiger partial charge in [-0.25, -0.2) is 0 Å². The quantitative estimate of drug-likeness (QED) is 0.611. The maximum absolute atomic E-state index is 12.5. The molecule has 0 aliphatic carbocycles. The highest BCUT2D eigenvalue weighted by atomic mass is 79.9. The van der Waals surface area contributed by atoms with Crippen molar-refractivity contribution < 1.29 is 19.1 Å². The zero-order valence-electron chi connectivity index (χ0n) is 16.4. The molecule has 2 N–H and O–H groups in total. The fourth-order valence-corrected chi connectivity index (χ4v) is 3.46. The average Bonchev–Trinajstić information content (AvgIpc) is 3.25. The number of amides is 2. The first-order valence-electron chi connectivity index (χ1n) is 9.80. The molecule has 2 aromatic rings. The van der Waals surface area contributed by atoms with Crippen LogP contribution in [-0.4, -0.2) is 37.7 Å². The normalized spacial score (nSPS) is 15.7. The number of carbonyl (C=O) groups excluding carboxylic acids is 2. The molecule has 0 bridgehead atoms. The molecule has 2 amide bonds. The summed E-state index contributed by atoms with van der Waals surface area (Å²) in [6, 6.07) is 12.0. The van der Waals surface area contributed by atoms with Crippen LogP contribution in [0.25, 0.3) is 0 Å². The van der Waals surface area contributed by atoms with Gasteiger partial charge in [0.1, 0.15) is 12.4 Å². The fourth-order valence-electron chi connectivity index (χ4n) is 2.97. The molecular weight excluding hydrogens is 436 g/mol. The molecule has 6 nitrogen and oxygen atoms in total. The van der Waals surface area contributed by atoms with Crippen LogP contribution in [0.1, 0.15) is 46.9 Å². The first-order chi connectivity index (χ1) is 14.1. The number of ether oxygens (including phenoxy) is 2. The van der Waals surface area contributed by atoms with E-state index >= 15 is 0 Å². The third-order valence-corrected chi connectivity index (χ3v) is 5.20. The highest BCUT2D eigenvalue weighted by Gasteiger charge is 2.17. The molecular formula is C22H25BrN2O4. The second kappa shape index (κ2) is 10.4. The predicted octanol–water partition coefficient (Wildman–Crippen LogP) is 4.40. The van der Waals surface area contributed by atoms with E-state index < -0.39 is 0 Å². The fraction of sp³-hybridized carbons (Fsp3) is 0.364. The summed E-state index contributed by atoms with van der Waals surface area (Å²) in [5, 5.41) is 5.66. The molecule has 1 unspecified atom stereocenters. The molecule has 1 atom stereocenters. The molecule has 0 radical (unpaired) electrons. The van der Waals surface area contributed by atoms with Crippen molar-refractivity contribution in [3.8, 4) is 5.75 Å². The van der Waals surface area contributed by atoms with Crippen molar-refractivity contribution in [2.75, 3.05) is 25.1 Å². The van der Waals surface area contributed by atoms with Crippen molar-refractivity contribution in [3.63, 3.8) is 0 Å². The van der Waals surface area contributed by atoms with Gasteiger partial charge in [0.05, 0.1) is 10.6 Å². The van der Waals surface area contributed by atoms with E-state index in [9.17, 15) is 9.59 Å². The lowest BCUT2D eigenvalue weighted by molar-refractivity contribution is 0.0677. The minimum absolute atomic E-state index is 0.118. The molecule has 2 aromatic carbocycles. The second-order valence-corrected chi connectivity index (χ2v) is 7.73. The zero-order valence-corrected chi connectivity index (χ0v) is 18.0. The van der Waals surface area contributed by atoms with Gasteiger partial charge in [0.15, 0.2) is 0 Å². The van der Waals surface area contributed by atoms with Crippen LogP contribution in [0.15, 0.2) is 46.9 Å². The Morgan fingerprint density at radius 1 is 1.14 bits per heavy atom. The van der Waals surface area contributed by atoms with E-state index in [0.717, 1.165) is 25.9 Å². The third-order valence-electron chi connectivity index (χ3n) is 4.58. The van der Waals surface area contributed by atoms with Gasteiger partial charge in [0.25, 0.3) is 11.8 Å². The van der Waals surface area contributed by atoms with Crippen LogP contribution in [0.2, 0.25) is 0 Å². The summed E-state index contributed by atoms with van der Waals surface area (Å²) in [5.41, 5.74) is 1.69. The number of rotatable bonds is 8. The molecule has 154 valence electrons. The highest BCUT2D eigenvalue weighted by molar-refractivity contribution is 9.10. The Balaban J connectivity index is 1.57. The van der Waals surface area contributed by atoms with E-state index in [4.69, 9.17) is 9.47 Å². The number of benzene rings is 2.